The zero-order chi connectivity index (χ0) is 20.0. The molecule has 0 unspecified atom stereocenters. The monoisotopic (exact) mass is 408 g/mol. The summed E-state index contributed by atoms with van der Waals surface area (Å²) in [5.41, 5.74) is 1.14. The normalized spacial score (nSPS) is 20.8. The predicted molar refractivity (Wildman–Crippen MR) is 104 cm³/mol. The first-order valence-corrected chi connectivity index (χ1v) is 10.3. The Morgan fingerprint density at radius 2 is 1.81 bits per heavy atom. The number of halogens is 1. The number of hydrogen-bond donors (Lipinski definition) is 2. The van der Waals surface area contributed by atoms with Crippen LogP contribution >= 0.6 is 11.6 Å². The molecule has 8 heteroatoms. The predicted octanol–water partition coefficient (Wildman–Crippen LogP) is 2.92. The maximum absolute atomic E-state index is 12.7. The van der Waals surface area contributed by atoms with Gasteiger partial charge in [-0.3, -0.25) is 4.79 Å². The molecular weight excluding hydrogens is 388 g/mol. The quantitative estimate of drug-likeness (QED) is 0.794. The molecule has 3 N–H and O–H groups in total. The van der Waals surface area contributed by atoms with Gasteiger partial charge in [0.1, 0.15) is 5.75 Å². The zero-order valence-corrected chi connectivity index (χ0v) is 16.8. The summed E-state index contributed by atoms with van der Waals surface area (Å²) in [7, 11) is -2.23. The van der Waals surface area contributed by atoms with E-state index in [1.807, 2.05) is 13.8 Å². The third-order valence-corrected chi connectivity index (χ3v) is 6.25. The minimum absolute atomic E-state index is 0.0566. The van der Waals surface area contributed by atoms with Crippen molar-refractivity contribution in [1.29, 1.82) is 0 Å². The summed E-state index contributed by atoms with van der Waals surface area (Å²) in [4.78, 5) is 12.8. The first-order chi connectivity index (χ1) is 12.6. The molecule has 1 amide bonds. The number of benzene rings is 2. The van der Waals surface area contributed by atoms with E-state index in [1.165, 1.54) is 19.2 Å². The number of amides is 1. The van der Waals surface area contributed by atoms with Crippen molar-refractivity contribution in [3.63, 3.8) is 0 Å². The number of methoxy groups -OCH3 is 1. The van der Waals surface area contributed by atoms with Gasteiger partial charge in [0.25, 0.3) is 5.91 Å². The highest BCUT2D eigenvalue weighted by atomic mass is 35.5. The van der Waals surface area contributed by atoms with Gasteiger partial charge in [-0.05, 0) is 41.3 Å². The third kappa shape index (κ3) is 3.81. The van der Waals surface area contributed by atoms with Crippen LogP contribution in [0.5, 0.6) is 5.75 Å². The Morgan fingerprint density at radius 3 is 2.37 bits per heavy atom. The topological polar surface area (TPSA) is 98.5 Å². The summed E-state index contributed by atoms with van der Waals surface area (Å²) in [6.07, 6.45) is 0. The number of carbonyl (C=O) groups is 1. The van der Waals surface area contributed by atoms with E-state index in [-0.39, 0.29) is 28.2 Å². The number of sulfonamides is 1. The van der Waals surface area contributed by atoms with Gasteiger partial charge in [0, 0.05) is 17.0 Å². The second-order valence-electron chi connectivity index (χ2n) is 7.21. The van der Waals surface area contributed by atoms with Gasteiger partial charge in [-0.1, -0.05) is 37.6 Å². The van der Waals surface area contributed by atoms with Gasteiger partial charge in [-0.2, -0.15) is 0 Å². The Morgan fingerprint density at radius 1 is 1.19 bits per heavy atom. The molecule has 1 aliphatic carbocycles. The van der Waals surface area contributed by atoms with Crippen molar-refractivity contribution >= 4 is 27.5 Å². The lowest BCUT2D eigenvalue weighted by atomic mass is 10.0. The van der Waals surface area contributed by atoms with Gasteiger partial charge in [-0.15, -0.1) is 0 Å². The minimum atomic E-state index is -3.73. The molecule has 27 heavy (non-hydrogen) atoms. The fourth-order valence-electron chi connectivity index (χ4n) is 3.47. The highest BCUT2D eigenvalue weighted by Gasteiger charge is 2.59. The van der Waals surface area contributed by atoms with Crippen molar-refractivity contribution in [1.82, 2.24) is 5.32 Å². The summed E-state index contributed by atoms with van der Waals surface area (Å²) in [5, 5.41) is 8.63. The number of nitrogens with one attached hydrogen (secondary N) is 1. The molecule has 2 aromatic carbocycles. The first-order valence-electron chi connectivity index (χ1n) is 8.33. The minimum Gasteiger partial charge on any atom is -0.496 e. The van der Waals surface area contributed by atoms with Crippen LogP contribution in [-0.4, -0.2) is 27.5 Å². The molecule has 0 aliphatic heterocycles. The van der Waals surface area contributed by atoms with Crippen LogP contribution in [0.15, 0.2) is 47.4 Å². The molecule has 1 fully saturated rings. The van der Waals surface area contributed by atoms with E-state index in [0.29, 0.717) is 16.3 Å². The molecule has 0 aromatic heterocycles. The van der Waals surface area contributed by atoms with Gasteiger partial charge in [0.05, 0.1) is 17.6 Å². The van der Waals surface area contributed by atoms with E-state index in [4.69, 9.17) is 21.5 Å². The lowest BCUT2D eigenvalue weighted by Gasteiger charge is -2.10. The molecule has 3 rings (SSSR count). The zero-order valence-electron chi connectivity index (χ0n) is 15.2. The molecule has 0 heterocycles. The lowest BCUT2D eigenvalue weighted by Crippen LogP contribution is -2.29. The Labute approximate surface area is 163 Å². The smallest absolute Gasteiger partial charge is 0.255 e. The van der Waals surface area contributed by atoms with Crippen LogP contribution < -0.4 is 15.2 Å². The lowest BCUT2D eigenvalue weighted by molar-refractivity contribution is 0.0943. The van der Waals surface area contributed by atoms with Crippen molar-refractivity contribution in [2.75, 3.05) is 7.11 Å². The van der Waals surface area contributed by atoms with Crippen molar-refractivity contribution in [2.24, 2.45) is 10.6 Å². The summed E-state index contributed by atoms with van der Waals surface area (Å²) in [6.45, 7) is 4.09. The van der Waals surface area contributed by atoms with Gasteiger partial charge in [0.15, 0.2) is 0 Å². The average molecular weight is 409 g/mol. The van der Waals surface area contributed by atoms with Crippen LogP contribution in [0.1, 0.15) is 35.7 Å². The van der Waals surface area contributed by atoms with Crippen LogP contribution in [0.2, 0.25) is 5.02 Å². The molecule has 144 valence electrons. The Bertz CT molecular complexity index is 987. The van der Waals surface area contributed by atoms with Gasteiger partial charge >= 0.3 is 0 Å². The Kier molecular flexibility index (Phi) is 4.96. The second-order valence-corrected chi connectivity index (χ2v) is 9.21. The standard InChI is InChI=1S/C19H21ClN2O4S/c1-19(2)16(11-4-7-13(8-5-11)27(21,24)25)17(19)22-18(23)14-10-12(20)6-9-15(14)26-3/h4-10,16-17H,1-3H3,(H,22,23)(H2,21,24,25)/t16-,17-/m0/s1. The van der Waals surface area contributed by atoms with E-state index in [9.17, 15) is 13.2 Å². The van der Waals surface area contributed by atoms with Crippen LogP contribution in [0.4, 0.5) is 0 Å². The average Bonchev–Trinajstić information content (AvgIpc) is 3.14. The number of ether oxygens (including phenoxy) is 1. The van der Waals surface area contributed by atoms with Gasteiger partial charge < -0.3 is 10.1 Å². The molecule has 0 bridgehead atoms. The van der Waals surface area contributed by atoms with E-state index in [1.54, 1.807) is 30.3 Å². The van der Waals surface area contributed by atoms with E-state index >= 15 is 0 Å². The molecule has 2 atom stereocenters. The number of primary sulfonamides is 1. The van der Waals surface area contributed by atoms with Crippen molar-refractivity contribution < 1.29 is 17.9 Å². The fourth-order valence-corrected chi connectivity index (χ4v) is 4.16. The summed E-state index contributed by atoms with van der Waals surface area (Å²) >= 11 is 6.01. The van der Waals surface area contributed by atoms with Crippen LogP contribution in [0, 0.1) is 5.41 Å². The number of hydrogen-bond acceptors (Lipinski definition) is 4. The Hall–Kier alpha value is -2.09. The molecule has 6 nitrogen and oxygen atoms in total. The fraction of sp³-hybridized carbons (Fsp3) is 0.316. The van der Waals surface area contributed by atoms with Gasteiger partial charge in [0.2, 0.25) is 10.0 Å². The largest absolute Gasteiger partial charge is 0.496 e. The number of rotatable bonds is 5. The molecule has 0 saturated heterocycles. The van der Waals surface area contributed by atoms with E-state index in [0.717, 1.165) is 5.56 Å². The van der Waals surface area contributed by atoms with Crippen LogP contribution in [0.25, 0.3) is 0 Å². The SMILES string of the molecule is COc1ccc(Cl)cc1C(=O)N[C@H]1[C@H](c2ccc(S(N)(=O)=O)cc2)C1(C)C. The first kappa shape index (κ1) is 19.7. The number of carbonyl (C=O) groups excluding carboxylic acids is 1. The maximum Gasteiger partial charge on any atom is 0.255 e. The molecule has 0 radical (unpaired) electrons. The van der Waals surface area contributed by atoms with Gasteiger partial charge in [-0.25, -0.2) is 13.6 Å². The summed E-state index contributed by atoms with van der Waals surface area (Å²) in [5.74, 6) is 0.238. The van der Waals surface area contributed by atoms with Crippen LogP contribution in [-0.2, 0) is 10.0 Å². The molecule has 2 aromatic rings. The molecule has 1 saturated carbocycles. The van der Waals surface area contributed by atoms with Crippen molar-refractivity contribution in [2.45, 2.75) is 30.7 Å². The molecular formula is C19H21ClN2O4S. The highest BCUT2D eigenvalue weighted by molar-refractivity contribution is 7.89. The molecule has 1 aliphatic rings. The second kappa shape index (κ2) is 6.82. The van der Waals surface area contributed by atoms with Crippen LogP contribution in [0.3, 0.4) is 0 Å². The van der Waals surface area contributed by atoms with E-state index in [2.05, 4.69) is 5.32 Å². The summed E-state index contributed by atoms with van der Waals surface area (Å²) < 4.78 is 28.1. The third-order valence-electron chi connectivity index (χ3n) is 5.09. The number of nitrogens with two attached hydrogens (primary N) is 1. The summed E-state index contributed by atoms with van der Waals surface area (Å²) in [6, 6.07) is 11.2. The van der Waals surface area contributed by atoms with Crippen molar-refractivity contribution in [3.8, 4) is 5.75 Å². The highest BCUT2D eigenvalue weighted by Crippen LogP contribution is 2.58. The van der Waals surface area contributed by atoms with E-state index < -0.39 is 10.0 Å². The molecule has 0 spiro atoms. The Balaban J connectivity index is 1.80. The maximum atomic E-state index is 12.7. The van der Waals surface area contributed by atoms with Crippen molar-refractivity contribution in [3.05, 3.63) is 58.6 Å².